The van der Waals surface area contributed by atoms with Gasteiger partial charge in [-0.05, 0) is 36.5 Å². The van der Waals surface area contributed by atoms with Crippen molar-refractivity contribution in [2.45, 2.75) is 12.5 Å². The fourth-order valence-electron chi connectivity index (χ4n) is 2.73. The minimum absolute atomic E-state index is 0.116. The highest BCUT2D eigenvalue weighted by atomic mass is 35.5. The third-order valence-corrected chi connectivity index (χ3v) is 5.01. The molecule has 1 heterocycles. The van der Waals surface area contributed by atoms with E-state index in [-0.39, 0.29) is 17.4 Å². The number of halogens is 1. The van der Waals surface area contributed by atoms with E-state index in [1.54, 1.807) is 54.6 Å². The number of amides is 3. The Morgan fingerprint density at radius 1 is 1.11 bits per heavy atom. The fourth-order valence-corrected chi connectivity index (χ4v) is 3.18. The summed E-state index contributed by atoms with van der Waals surface area (Å²) in [4.78, 5) is 38.7. The smallest absolute Gasteiger partial charge is 0.269 e. The van der Waals surface area contributed by atoms with Crippen LogP contribution in [0.1, 0.15) is 16.8 Å². The van der Waals surface area contributed by atoms with Gasteiger partial charge in [0.05, 0.1) is 17.1 Å². The van der Waals surface area contributed by atoms with Crippen molar-refractivity contribution >= 4 is 52.3 Å². The molecule has 0 spiro atoms. The van der Waals surface area contributed by atoms with Crippen molar-refractivity contribution in [3.8, 4) is 0 Å². The Labute approximate surface area is 172 Å². The van der Waals surface area contributed by atoms with Gasteiger partial charge in [0.2, 0.25) is 5.91 Å². The molecule has 2 aromatic rings. The zero-order valence-corrected chi connectivity index (χ0v) is 16.5. The van der Waals surface area contributed by atoms with Crippen LogP contribution in [0, 0.1) is 0 Å². The van der Waals surface area contributed by atoms with E-state index in [4.69, 9.17) is 23.8 Å². The van der Waals surface area contributed by atoms with Crippen LogP contribution in [0.15, 0.2) is 54.6 Å². The monoisotopic (exact) mass is 416 g/mol. The molecule has 9 heteroatoms. The molecule has 1 saturated heterocycles. The van der Waals surface area contributed by atoms with Gasteiger partial charge < -0.3 is 5.32 Å². The number of benzene rings is 2. The maximum absolute atomic E-state index is 12.5. The molecule has 3 rings (SSSR count). The average Bonchev–Trinajstić information content (AvgIpc) is 2.88. The number of carbonyl (C=O) groups is 3. The molecule has 0 saturated carbocycles. The van der Waals surface area contributed by atoms with Crippen LogP contribution in [0.4, 0.5) is 5.69 Å². The van der Waals surface area contributed by atoms with Gasteiger partial charge in [-0.15, -0.1) is 0 Å². The van der Waals surface area contributed by atoms with Gasteiger partial charge in [-0.2, -0.15) is 0 Å². The van der Waals surface area contributed by atoms with Gasteiger partial charge in [-0.3, -0.25) is 24.7 Å². The lowest BCUT2D eigenvalue weighted by molar-refractivity contribution is -0.130. The third kappa shape index (κ3) is 4.13. The highest BCUT2D eigenvalue weighted by Gasteiger charge is 2.42. The molecule has 1 unspecified atom stereocenters. The second-order valence-corrected chi connectivity index (χ2v) is 6.88. The number of para-hydroxylation sites is 1. The Morgan fingerprint density at radius 3 is 2.43 bits per heavy atom. The molecule has 1 atom stereocenters. The van der Waals surface area contributed by atoms with Crippen molar-refractivity contribution in [2.24, 2.45) is 0 Å². The van der Waals surface area contributed by atoms with E-state index in [1.807, 2.05) is 0 Å². The van der Waals surface area contributed by atoms with E-state index >= 15 is 0 Å². The standard InChI is InChI=1S/C19H17ClN4O3S/c1-23-18(27)15(11-16(25)21-14-10-6-5-9-13(14)20)24(19(23)28)22-17(26)12-7-3-2-4-8-12/h2-10,15H,11H2,1H3,(H,21,25)(H,22,26). The van der Waals surface area contributed by atoms with Gasteiger partial charge in [0.25, 0.3) is 11.8 Å². The van der Waals surface area contributed by atoms with Crippen LogP contribution in [0.5, 0.6) is 0 Å². The molecular formula is C19H17ClN4O3S. The number of rotatable bonds is 5. The summed E-state index contributed by atoms with van der Waals surface area (Å²) in [5, 5.41) is 4.42. The zero-order chi connectivity index (χ0) is 20.3. The van der Waals surface area contributed by atoms with E-state index in [0.717, 1.165) is 0 Å². The molecule has 1 fully saturated rings. The van der Waals surface area contributed by atoms with Crippen molar-refractivity contribution in [1.82, 2.24) is 15.3 Å². The molecule has 1 aliphatic rings. The second kappa shape index (κ2) is 8.37. The summed E-state index contributed by atoms with van der Waals surface area (Å²) in [6.45, 7) is 0. The first-order valence-electron chi connectivity index (χ1n) is 8.39. The lowest BCUT2D eigenvalue weighted by Crippen LogP contribution is -2.49. The van der Waals surface area contributed by atoms with Gasteiger partial charge in [0.1, 0.15) is 6.04 Å². The predicted molar refractivity (Wildman–Crippen MR) is 110 cm³/mol. The number of nitrogens with one attached hydrogen (secondary N) is 2. The third-order valence-electron chi connectivity index (χ3n) is 4.20. The van der Waals surface area contributed by atoms with Crippen LogP contribution in [-0.2, 0) is 9.59 Å². The van der Waals surface area contributed by atoms with Gasteiger partial charge in [0.15, 0.2) is 5.11 Å². The molecule has 0 bridgehead atoms. The van der Waals surface area contributed by atoms with Crippen molar-refractivity contribution in [3.63, 3.8) is 0 Å². The van der Waals surface area contributed by atoms with Crippen molar-refractivity contribution in [2.75, 3.05) is 12.4 Å². The average molecular weight is 417 g/mol. The minimum Gasteiger partial charge on any atom is -0.325 e. The molecular weight excluding hydrogens is 400 g/mol. The lowest BCUT2D eigenvalue weighted by atomic mass is 10.2. The summed E-state index contributed by atoms with van der Waals surface area (Å²) in [7, 11) is 1.50. The molecule has 0 aliphatic carbocycles. The summed E-state index contributed by atoms with van der Waals surface area (Å²) < 4.78 is 0. The molecule has 0 radical (unpaired) electrons. The summed E-state index contributed by atoms with van der Waals surface area (Å²) in [5.74, 6) is -1.24. The molecule has 7 nitrogen and oxygen atoms in total. The first-order chi connectivity index (χ1) is 13.4. The molecule has 144 valence electrons. The van der Waals surface area contributed by atoms with E-state index < -0.39 is 17.9 Å². The maximum Gasteiger partial charge on any atom is 0.269 e. The summed E-state index contributed by atoms with van der Waals surface area (Å²) in [5.41, 5.74) is 3.47. The topological polar surface area (TPSA) is 81.8 Å². The highest BCUT2D eigenvalue weighted by molar-refractivity contribution is 7.80. The van der Waals surface area contributed by atoms with Crippen molar-refractivity contribution in [1.29, 1.82) is 0 Å². The first kappa shape index (κ1) is 19.8. The maximum atomic E-state index is 12.5. The normalized spacial score (nSPS) is 16.3. The highest BCUT2D eigenvalue weighted by Crippen LogP contribution is 2.22. The fraction of sp³-hybridized carbons (Fsp3) is 0.158. The number of hydrazine groups is 1. The quantitative estimate of drug-likeness (QED) is 0.732. The van der Waals surface area contributed by atoms with Gasteiger partial charge >= 0.3 is 0 Å². The van der Waals surface area contributed by atoms with Crippen molar-refractivity contribution in [3.05, 3.63) is 65.2 Å². The minimum atomic E-state index is -0.951. The first-order valence-corrected chi connectivity index (χ1v) is 9.18. The summed E-state index contributed by atoms with van der Waals surface area (Å²) >= 11 is 11.3. The van der Waals surface area contributed by atoms with Crippen LogP contribution in [-0.4, -0.2) is 45.8 Å². The van der Waals surface area contributed by atoms with Crippen LogP contribution >= 0.6 is 23.8 Å². The Morgan fingerprint density at radius 2 is 1.75 bits per heavy atom. The zero-order valence-electron chi connectivity index (χ0n) is 14.9. The molecule has 1 aliphatic heterocycles. The number of carbonyl (C=O) groups excluding carboxylic acids is 3. The number of nitrogens with zero attached hydrogens (tertiary/aromatic N) is 2. The van der Waals surface area contributed by atoms with Crippen LogP contribution in [0.3, 0.4) is 0 Å². The van der Waals surface area contributed by atoms with E-state index in [0.29, 0.717) is 16.3 Å². The van der Waals surface area contributed by atoms with Crippen molar-refractivity contribution < 1.29 is 14.4 Å². The number of thiocarbonyl (C=S) groups is 1. The van der Waals surface area contributed by atoms with Crippen LogP contribution in [0.25, 0.3) is 0 Å². The summed E-state index contributed by atoms with van der Waals surface area (Å²) in [6, 6.07) is 14.3. The van der Waals surface area contributed by atoms with E-state index in [9.17, 15) is 14.4 Å². The van der Waals surface area contributed by atoms with Gasteiger partial charge in [-0.1, -0.05) is 41.9 Å². The molecule has 2 aromatic carbocycles. The van der Waals surface area contributed by atoms with E-state index in [2.05, 4.69) is 10.7 Å². The SMILES string of the molecule is CN1C(=O)C(CC(=O)Nc2ccccc2Cl)N(NC(=O)c2ccccc2)C1=S. The number of anilines is 1. The molecule has 0 aromatic heterocycles. The number of hydrogen-bond acceptors (Lipinski definition) is 4. The summed E-state index contributed by atoms with van der Waals surface area (Å²) in [6.07, 6.45) is -0.205. The van der Waals surface area contributed by atoms with E-state index in [1.165, 1.54) is 17.0 Å². The number of likely N-dealkylation sites (N-methyl/N-ethyl adjacent to an activating group) is 1. The largest absolute Gasteiger partial charge is 0.325 e. The Balaban J connectivity index is 1.74. The second-order valence-electron chi connectivity index (χ2n) is 6.10. The van der Waals surface area contributed by atoms with Crippen LogP contribution in [0.2, 0.25) is 5.02 Å². The predicted octanol–water partition coefficient (Wildman–Crippen LogP) is 2.44. The number of hydrogen-bond donors (Lipinski definition) is 2. The molecule has 28 heavy (non-hydrogen) atoms. The molecule has 2 N–H and O–H groups in total. The Bertz CT molecular complexity index is 938. The van der Waals surface area contributed by atoms with Crippen LogP contribution < -0.4 is 10.7 Å². The Hall–Kier alpha value is -2.97. The van der Waals surface area contributed by atoms with Gasteiger partial charge in [0, 0.05) is 12.6 Å². The molecule has 3 amide bonds. The lowest BCUT2D eigenvalue weighted by Gasteiger charge is -2.24. The van der Waals surface area contributed by atoms with Gasteiger partial charge in [-0.25, -0.2) is 5.01 Å². The Kier molecular flexibility index (Phi) is 5.91.